The van der Waals surface area contributed by atoms with E-state index in [9.17, 15) is 9.59 Å². The molecule has 0 bridgehead atoms. The molecule has 142 valence electrons. The van der Waals surface area contributed by atoms with Gasteiger partial charge in [0.1, 0.15) is 11.6 Å². The third-order valence-corrected chi connectivity index (χ3v) is 4.81. The fourth-order valence-electron chi connectivity index (χ4n) is 3.18. The number of nitrogens with one attached hydrogen (secondary N) is 1. The number of hydrogen-bond donors (Lipinski definition) is 1. The minimum absolute atomic E-state index is 0.0256. The molecule has 1 atom stereocenters. The van der Waals surface area contributed by atoms with Gasteiger partial charge in [-0.3, -0.25) is 9.59 Å². The summed E-state index contributed by atoms with van der Waals surface area (Å²) < 4.78 is 0. The average Bonchev–Trinajstić information content (AvgIpc) is 3.02. The van der Waals surface area contributed by atoms with Crippen LogP contribution in [0.1, 0.15) is 36.3 Å². The Morgan fingerprint density at radius 3 is 2.70 bits per heavy atom. The normalized spacial score (nSPS) is 16.5. The largest absolute Gasteiger partial charge is 0.373 e. The summed E-state index contributed by atoms with van der Waals surface area (Å²) in [6, 6.07) is 11.9. The van der Waals surface area contributed by atoms with Gasteiger partial charge in [0, 0.05) is 52.5 Å². The quantitative estimate of drug-likeness (QED) is 0.845. The Labute approximate surface area is 159 Å². The average molecular weight is 367 g/mol. The van der Waals surface area contributed by atoms with Crippen LogP contribution in [0.3, 0.4) is 0 Å². The lowest BCUT2D eigenvalue weighted by Gasteiger charge is -2.18. The molecule has 0 radical (unpaired) electrons. The first-order chi connectivity index (χ1) is 13.0. The minimum Gasteiger partial charge on any atom is -0.373 e. The molecule has 7 heteroatoms. The van der Waals surface area contributed by atoms with Gasteiger partial charge in [-0.15, -0.1) is 0 Å². The van der Waals surface area contributed by atoms with Crippen LogP contribution < -0.4 is 5.32 Å². The van der Waals surface area contributed by atoms with Crippen LogP contribution >= 0.6 is 0 Å². The van der Waals surface area contributed by atoms with Crippen LogP contribution in [-0.2, 0) is 22.7 Å². The molecule has 1 fully saturated rings. The second-order valence-electron chi connectivity index (χ2n) is 6.88. The molecule has 0 unspecified atom stereocenters. The summed E-state index contributed by atoms with van der Waals surface area (Å²) in [6.45, 7) is 3.10. The number of carbonyl (C=O) groups excluding carboxylic acids is 2. The van der Waals surface area contributed by atoms with Gasteiger partial charge in [0.05, 0.1) is 12.2 Å². The van der Waals surface area contributed by atoms with Gasteiger partial charge < -0.3 is 15.1 Å². The molecule has 7 nitrogen and oxygen atoms in total. The number of hydrogen-bond acceptors (Lipinski definition) is 5. The van der Waals surface area contributed by atoms with Crippen molar-refractivity contribution in [3.8, 4) is 0 Å². The Hall–Kier alpha value is -2.96. The van der Waals surface area contributed by atoms with Gasteiger partial charge in [0.2, 0.25) is 11.8 Å². The van der Waals surface area contributed by atoms with Crippen LogP contribution in [0.2, 0.25) is 0 Å². The summed E-state index contributed by atoms with van der Waals surface area (Å²) in [5.41, 5.74) is 1.96. The molecule has 2 aromatic rings. The van der Waals surface area contributed by atoms with Crippen LogP contribution in [0.4, 0.5) is 5.82 Å². The van der Waals surface area contributed by atoms with Crippen molar-refractivity contribution in [2.75, 3.05) is 26.0 Å². The van der Waals surface area contributed by atoms with Crippen LogP contribution in [-0.4, -0.2) is 52.2 Å². The van der Waals surface area contributed by atoms with Crippen molar-refractivity contribution < 1.29 is 9.59 Å². The molecule has 1 aromatic heterocycles. The number of anilines is 1. The van der Waals surface area contributed by atoms with E-state index in [1.165, 1.54) is 6.92 Å². The Morgan fingerprint density at radius 2 is 2.04 bits per heavy atom. The molecular weight excluding hydrogens is 342 g/mol. The van der Waals surface area contributed by atoms with E-state index in [0.29, 0.717) is 37.7 Å². The predicted molar refractivity (Wildman–Crippen MR) is 103 cm³/mol. The number of amides is 2. The molecule has 0 spiro atoms. The lowest BCUT2D eigenvalue weighted by molar-refractivity contribution is -0.128. The fraction of sp³-hybridized carbons (Fsp3) is 0.400. The van der Waals surface area contributed by atoms with E-state index in [2.05, 4.69) is 15.3 Å². The van der Waals surface area contributed by atoms with E-state index in [4.69, 9.17) is 0 Å². The molecule has 2 amide bonds. The van der Waals surface area contributed by atoms with Crippen molar-refractivity contribution in [2.24, 2.45) is 0 Å². The Morgan fingerprint density at radius 1 is 1.30 bits per heavy atom. The first-order valence-corrected chi connectivity index (χ1v) is 9.05. The molecule has 3 rings (SSSR count). The third-order valence-electron chi connectivity index (χ3n) is 4.81. The summed E-state index contributed by atoms with van der Waals surface area (Å²) in [5, 5.41) is 3.04. The van der Waals surface area contributed by atoms with Crippen molar-refractivity contribution in [3.05, 3.63) is 53.5 Å². The van der Waals surface area contributed by atoms with Gasteiger partial charge in [-0.25, -0.2) is 9.97 Å². The summed E-state index contributed by atoms with van der Waals surface area (Å²) in [4.78, 5) is 36.5. The summed E-state index contributed by atoms with van der Waals surface area (Å²) in [5.74, 6) is 1.39. The highest BCUT2D eigenvalue weighted by molar-refractivity contribution is 5.79. The number of carbonyl (C=O) groups is 2. The zero-order valence-corrected chi connectivity index (χ0v) is 16.0. The van der Waals surface area contributed by atoms with E-state index in [1.807, 2.05) is 41.3 Å². The molecule has 1 N–H and O–H groups in total. The molecule has 1 aliphatic heterocycles. The summed E-state index contributed by atoms with van der Waals surface area (Å²) in [6.07, 6.45) is 0.439. The van der Waals surface area contributed by atoms with Crippen molar-refractivity contribution in [2.45, 2.75) is 32.4 Å². The smallest absolute Gasteiger partial charge is 0.223 e. The van der Waals surface area contributed by atoms with E-state index in [-0.39, 0.29) is 17.7 Å². The maximum atomic E-state index is 12.5. The van der Waals surface area contributed by atoms with E-state index in [1.54, 1.807) is 19.0 Å². The second kappa shape index (κ2) is 8.16. The number of rotatable bonds is 6. The Balaban J connectivity index is 1.77. The zero-order chi connectivity index (χ0) is 19.4. The summed E-state index contributed by atoms with van der Waals surface area (Å²) >= 11 is 0. The lowest BCUT2D eigenvalue weighted by Crippen LogP contribution is -2.25. The SMILES string of the molecule is CNc1cc([C@@H]2CC(=O)N(Cc3ccccc3)C2)nc(CN(C)C(C)=O)n1. The molecule has 1 saturated heterocycles. The standard InChI is InChI=1S/C20H25N5O2/c1-14(26)24(3)13-19-22-17(10-18(21-2)23-19)16-9-20(27)25(12-16)11-15-7-5-4-6-8-15/h4-8,10,16H,9,11-13H2,1-3H3,(H,21,22,23)/t16-/m1/s1. The molecule has 1 aliphatic rings. The number of benzene rings is 1. The van der Waals surface area contributed by atoms with E-state index in [0.717, 1.165) is 11.3 Å². The van der Waals surface area contributed by atoms with Crippen molar-refractivity contribution in [1.82, 2.24) is 19.8 Å². The first-order valence-electron chi connectivity index (χ1n) is 9.05. The van der Waals surface area contributed by atoms with Crippen LogP contribution in [0.25, 0.3) is 0 Å². The molecule has 0 aliphatic carbocycles. The van der Waals surface area contributed by atoms with Gasteiger partial charge >= 0.3 is 0 Å². The molecular formula is C20H25N5O2. The first kappa shape index (κ1) is 18.8. The van der Waals surface area contributed by atoms with Gasteiger partial charge in [0.15, 0.2) is 0 Å². The van der Waals surface area contributed by atoms with Crippen LogP contribution in [0.5, 0.6) is 0 Å². The lowest BCUT2D eigenvalue weighted by atomic mass is 10.0. The molecule has 2 heterocycles. The highest BCUT2D eigenvalue weighted by Gasteiger charge is 2.32. The van der Waals surface area contributed by atoms with Gasteiger partial charge in [0.25, 0.3) is 0 Å². The zero-order valence-electron chi connectivity index (χ0n) is 16.0. The van der Waals surface area contributed by atoms with Crippen molar-refractivity contribution >= 4 is 17.6 Å². The monoisotopic (exact) mass is 367 g/mol. The number of nitrogens with zero attached hydrogens (tertiary/aromatic N) is 4. The van der Waals surface area contributed by atoms with E-state index < -0.39 is 0 Å². The van der Waals surface area contributed by atoms with Crippen molar-refractivity contribution in [3.63, 3.8) is 0 Å². The topological polar surface area (TPSA) is 78.4 Å². The highest BCUT2D eigenvalue weighted by atomic mass is 16.2. The van der Waals surface area contributed by atoms with Crippen molar-refractivity contribution in [1.29, 1.82) is 0 Å². The Bertz CT molecular complexity index is 824. The molecule has 1 aromatic carbocycles. The third kappa shape index (κ3) is 4.61. The number of likely N-dealkylation sites (tertiary alicyclic amines) is 1. The fourth-order valence-corrected chi connectivity index (χ4v) is 3.18. The maximum Gasteiger partial charge on any atom is 0.223 e. The number of aromatic nitrogens is 2. The predicted octanol–water partition coefficient (Wildman–Crippen LogP) is 2.01. The molecule has 0 saturated carbocycles. The van der Waals surface area contributed by atoms with Crippen LogP contribution in [0.15, 0.2) is 36.4 Å². The molecule has 27 heavy (non-hydrogen) atoms. The highest BCUT2D eigenvalue weighted by Crippen LogP contribution is 2.29. The van der Waals surface area contributed by atoms with Gasteiger partial charge in [-0.1, -0.05) is 30.3 Å². The maximum absolute atomic E-state index is 12.5. The van der Waals surface area contributed by atoms with Gasteiger partial charge in [-0.2, -0.15) is 0 Å². The second-order valence-corrected chi connectivity index (χ2v) is 6.88. The Kier molecular flexibility index (Phi) is 5.69. The van der Waals surface area contributed by atoms with Gasteiger partial charge in [-0.05, 0) is 5.56 Å². The minimum atomic E-state index is -0.0416. The van der Waals surface area contributed by atoms with Crippen LogP contribution in [0, 0.1) is 0 Å². The summed E-state index contributed by atoms with van der Waals surface area (Å²) in [7, 11) is 3.52. The van der Waals surface area contributed by atoms with E-state index >= 15 is 0 Å².